The monoisotopic (exact) mass is 410 g/mol. The normalized spacial score (nSPS) is 19.2. The summed E-state index contributed by atoms with van der Waals surface area (Å²) in [6, 6.07) is 1.91. The van der Waals surface area contributed by atoms with E-state index in [0.29, 0.717) is 5.75 Å². The summed E-state index contributed by atoms with van der Waals surface area (Å²) in [6.45, 7) is 8.75. The zero-order chi connectivity index (χ0) is 17.4. The van der Waals surface area contributed by atoms with Crippen LogP contribution in [0.2, 0.25) is 0 Å². The van der Waals surface area contributed by atoms with E-state index in [-0.39, 0.29) is 28.1 Å². The van der Waals surface area contributed by atoms with Crippen LogP contribution in [0.4, 0.5) is 0 Å². The predicted molar refractivity (Wildman–Crippen MR) is 90.3 cm³/mol. The van der Waals surface area contributed by atoms with Gasteiger partial charge in [0.2, 0.25) is 6.33 Å². The molecule has 1 fully saturated rings. The Balaban J connectivity index is 0.00000225. The van der Waals surface area contributed by atoms with Crippen molar-refractivity contribution in [3.8, 4) is 11.4 Å². The van der Waals surface area contributed by atoms with E-state index in [1.54, 1.807) is 12.4 Å². The summed E-state index contributed by atoms with van der Waals surface area (Å²) in [7, 11) is 1.98. The molecule has 0 atom stereocenters. The highest BCUT2D eigenvalue weighted by atomic mass is 79.9. The number of imidazole rings is 1. The van der Waals surface area contributed by atoms with Crippen molar-refractivity contribution >= 4 is 0 Å². The zero-order valence-electron chi connectivity index (χ0n) is 15.6. The summed E-state index contributed by atoms with van der Waals surface area (Å²) in [5.41, 5.74) is 0.788. The Bertz CT molecular complexity index is 699. The first-order chi connectivity index (χ1) is 11.3. The third-order valence-electron chi connectivity index (χ3n) is 4.65. The Morgan fingerprint density at radius 2 is 1.80 bits per heavy atom. The first-order valence-corrected chi connectivity index (χ1v) is 8.42. The van der Waals surface area contributed by atoms with Crippen LogP contribution in [0.5, 0.6) is 5.75 Å². The minimum atomic E-state index is -0.0685. The van der Waals surface area contributed by atoms with Crippen LogP contribution in [0.25, 0.3) is 5.69 Å². The second-order valence-corrected chi connectivity index (χ2v) is 7.80. The third kappa shape index (κ3) is 4.40. The van der Waals surface area contributed by atoms with Crippen LogP contribution in [0.15, 0.2) is 37.2 Å². The van der Waals surface area contributed by atoms with Crippen molar-refractivity contribution in [1.82, 2.24) is 14.6 Å². The third-order valence-corrected chi connectivity index (χ3v) is 4.65. The molecule has 0 spiro atoms. The lowest BCUT2D eigenvalue weighted by Gasteiger charge is -2.49. The molecule has 1 saturated heterocycles. The van der Waals surface area contributed by atoms with Crippen LogP contribution in [0, 0.1) is 0 Å². The highest BCUT2D eigenvalue weighted by Crippen LogP contribution is 2.38. The highest BCUT2D eigenvalue weighted by molar-refractivity contribution is 5.34. The molecule has 1 aliphatic rings. The molecule has 3 heterocycles. The Hall–Kier alpha value is -1.44. The maximum Gasteiger partial charge on any atom is 0.248 e. The Labute approximate surface area is 160 Å². The number of hydrogen-bond acceptors (Lipinski definition) is 4. The molecular formula is C18H27BrN4O2. The molecule has 25 heavy (non-hydrogen) atoms. The van der Waals surface area contributed by atoms with Gasteiger partial charge in [0, 0.05) is 17.1 Å². The lowest BCUT2D eigenvalue weighted by atomic mass is 9.82. The number of pyridine rings is 1. The highest BCUT2D eigenvalue weighted by Gasteiger charge is 2.43. The van der Waals surface area contributed by atoms with Gasteiger partial charge in [0.15, 0.2) is 11.4 Å². The number of hydrogen-bond donors (Lipinski definition) is 0. The predicted octanol–water partition coefficient (Wildman–Crippen LogP) is -0.0307. The molecule has 1 aliphatic heterocycles. The van der Waals surface area contributed by atoms with E-state index in [2.05, 4.69) is 32.7 Å². The SMILES string of the molecule is C[n+]1ccn(-c2cncc(OON3C(C)(C)CCCC3(C)C)c2)c1.[Br-]. The minimum Gasteiger partial charge on any atom is -1.00 e. The first-order valence-electron chi connectivity index (χ1n) is 8.42. The molecular weight excluding hydrogens is 384 g/mol. The van der Waals surface area contributed by atoms with Crippen LogP contribution in [0.1, 0.15) is 47.0 Å². The number of aromatic nitrogens is 3. The topological polar surface area (TPSA) is 43.4 Å². The fraction of sp³-hybridized carbons (Fsp3) is 0.556. The smallest absolute Gasteiger partial charge is 0.248 e. The molecule has 0 aliphatic carbocycles. The van der Waals surface area contributed by atoms with Crippen LogP contribution in [0.3, 0.4) is 0 Å². The van der Waals surface area contributed by atoms with E-state index >= 15 is 0 Å². The molecule has 0 saturated carbocycles. The van der Waals surface area contributed by atoms with Gasteiger partial charge in [-0.2, -0.15) is 0 Å². The van der Waals surface area contributed by atoms with Gasteiger partial charge in [-0.25, -0.2) is 9.13 Å². The Morgan fingerprint density at radius 1 is 1.12 bits per heavy atom. The lowest BCUT2D eigenvalue weighted by molar-refractivity contribution is -0.670. The van der Waals surface area contributed by atoms with E-state index in [1.807, 2.05) is 46.0 Å². The summed E-state index contributed by atoms with van der Waals surface area (Å²) < 4.78 is 3.96. The number of hydroxylamine groups is 2. The van der Waals surface area contributed by atoms with Crippen LogP contribution >= 0.6 is 0 Å². The summed E-state index contributed by atoms with van der Waals surface area (Å²) in [6.07, 6.45) is 12.7. The summed E-state index contributed by atoms with van der Waals surface area (Å²) in [5, 5.41) is 1.98. The molecule has 138 valence electrons. The quantitative estimate of drug-likeness (QED) is 0.403. The van der Waals surface area contributed by atoms with E-state index < -0.39 is 0 Å². The fourth-order valence-corrected chi connectivity index (χ4v) is 3.46. The van der Waals surface area contributed by atoms with Crippen molar-refractivity contribution in [2.45, 2.75) is 58.0 Å². The molecule has 0 bridgehead atoms. The van der Waals surface area contributed by atoms with Gasteiger partial charge in [-0.15, -0.1) is 5.06 Å². The number of rotatable bonds is 4. The van der Waals surface area contributed by atoms with Gasteiger partial charge in [-0.1, -0.05) is 4.99 Å². The van der Waals surface area contributed by atoms with Gasteiger partial charge >= 0.3 is 0 Å². The average molecular weight is 411 g/mol. The van der Waals surface area contributed by atoms with Crippen molar-refractivity contribution in [3.63, 3.8) is 0 Å². The molecule has 0 N–H and O–H groups in total. The minimum absolute atomic E-state index is 0. The molecule has 2 aromatic rings. The van der Waals surface area contributed by atoms with E-state index in [1.165, 1.54) is 6.42 Å². The molecule has 0 unspecified atom stereocenters. The summed E-state index contributed by atoms with van der Waals surface area (Å²) in [5.74, 6) is 0.584. The van der Waals surface area contributed by atoms with E-state index in [9.17, 15) is 0 Å². The zero-order valence-corrected chi connectivity index (χ0v) is 17.2. The molecule has 7 heteroatoms. The fourth-order valence-electron chi connectivity index (χ4n) is 3.46. The van der Waals surface area contributed by atoms with Crippen molar-refractivity contribution in [1.29, 1.82) is 0 Å². The van der Waals surface area contributed by atoms with Gasteiger partial charge in [0.05, 0.1) is 19.4 Å². The Kier molecular flexibility index (Phi) is 5.91. The van der Waals surface area contributed by atoms with Gasteiger partial charge < -0.3 is 21.9 Å². The van der Waals surface area contributed by atoms with Crippen molar-refractivity contribution in [2.75, 3.05) is 0 Å². The molecule has 3 rings (SSSR count). The van der Waals surface area contributed by atoms with Gasteiger partial charge in [-0.3, -0.25) is 4.98 Å². The first kappa shape index (κ1) is 19.9. The maximum atomic E-state index is 5.77. The lowest BCUT2D eigenvalue weighted by Crippen LogP contribution is -3.00. The van der Waals surface area contributed by atoms with E-state index in [0.717, 1.165) is 18.5 Å². The number of aryl methyl sites for hydroxylation is 1. The number of piperidine rings is 1. The largest absolute Gasteiger partial charge is 1.00 e. The van der Waals surface area contributed by atoms with Crippen molar-refractivity contribution in [2.24, 2.45) is 7.05 Å². The number of nitrogens with zero attached hydrogens (tertiary/aromatic N) is 4. The second-order valence-electron chi connectivity index (χ2n) is 7.80. The van der Waals surface area contributed by atoms with Crippen molar-refractivity contribution in [3.05, 3.63) is 37.2 Å². The van der Waals surface area contributed by atoms with E-state index in [4.69, 9.17) is 9.88 Å². The molecule has 0 amide bonds. The second kappa shape index (κ2) is 7.43. The maximum absolute atomic E-state index is 5.77. The van der Waals surface area contributed by atoms with Gasteiger partial charge in [0.25, 0.3) is 0 Å². The molecule has 2 aromatic heterocycles. The van der Waals surface area contributed by atoms with Gasteiger partial charge in [0.1, 0.15) is 12.4 Å². The summed E-state index contributed by atoms with van der Waals surface area (Å²) in [4.78, 5) is 15.7. The van der Waals surface area contributed by atoms with Crippen LogP contribution in [-0.4, -0.2) is 25.7 Å². The number of halogens is 1. The molecule has 0 aromatic carbocycles. The molecule has 6 nitrogen and oxygen atoms in total. The molecule has 0 radical (unpaired) electrons. The summed E-state index contributed by atoms with van der Waals surface area (Å²) >= 11 is 0. The van der Waals surface area contributed by atoms with Gasteiger partial charge in [-0.05, 0) is 47.0 Å². The Morgan fingerprint density at radius 3 is 2.40 bits per heavy atom. The van der Waals surface area contributed by atoms with Crippen molar-refractivity contribution < 1.29 is 31.4 Å². The van der Waals surface area contributed by atoms with Crippen LogP contribution < -0.4 is 26.4 Å². The standard InChI is InChI=1S/C18H27N4O2.BrH/c1-17(2)7-6-8-18(3,4)22(17)24-23-16-11-15(12-19-13-16)21-10-9-20(5)14-21;/h9-14H,6-8H2,1-5H3;1H/q+1;/p-1. The average Bonchev–Trinajstić information content (AvgIpc) is 2.92. The van der Waals surface area contributed by atoms with Crippen LogP contribution in [-0.2, 0) is 12.0 Å².